The normalized spacial score (nSPS) is 10.8. The molecule has 0 atom stereocenters. The van der Waals surface area contributed by atoms with E-state index in [9.17, 15) is 0 Å². The highest BCUT2D eigenvalue weighted by molar-refractivity contribution is 5.26. The Balaban J connectivity index is 2.18. The zero-order valence-electron chi connectivity index (χ0n) is 10.6. The molecule has 0 amide bonds. The summed E-state index contributed by atoms with van der Waals surface area (Å²) in [4.78, 5) is 0. The summed E-state index contributed by atoms with van der Waals surface area (Å²) in [5, 5.41) is 3.48. The molecule has 0 fully saturated rings. The van der Waals surface area contributed by atoms with Crippen molar-refractivity contribution in [2.45, 2.75) is 39.7 Å². The number of ether oxygens (including phenoxy) is 1. The lowest BCUT2D eigenvalue weighted by Crippen LogP contribution is -2.31. The van der Waals surface area contributed by atoms with Gasteiger partial charge in [0.05, 0.1) is 0 Å². The van der Waals surface area contributed by atoms with Gasteiger partial charge in [-0.25, -0.2) is 0 Å². The summed E-state index contributed by atoms with van der Waals surface area (Å²) in [6.07, 6.45) is 2.36. The van der Waals surface area contributed by atoms with Crippen LogP contribution in [0.4, 0.5) is 0 Å². The number of nitrogens with one attached hydrogen (secondary N) is 1. The lowest BCUT2D eigenvalue weighted by atomic mass is 10.2. The Morgan fingerprint density at radius 1 is 1.12 bits per heavy atom. The predicted octanol–water partition coefficient (Wildman–Crippen LogP) is 3.15. The molecule has 0 aliphatic carbocycles. The predicted molar refractivity (Wildman–Crippen MR) is 69.0 cm³/mol. The molecule has 2 nitrogen and oxygen atoms in total. The van der Waals surface area contributed by atoms with E-state index in [4.69, 9.17) is 4.74 Å². The van der Waals surface area contributed by atoms with E-state index >= 15 is 0 Å². The van der Waals surface area contributed by atoms with Crippen LogP contribution in [0.2, 0.25) is 0 Å². The molecular formula is C14H23NO. The second kappa shape index (κ2) is 7.29. The van der Waals surface area contributed by atoms with Gasteiger partial charge in [0, 0.05) is 12.6 Å². The number of benzene rings is 1. The lowest BCUT2D eigenvalue weighted by molar-refractivity contribution is 0.302. The van der Waals surface area contributed by atoms with Gasteiger partial charge in [0.15, 0.2) is 0 Å². The van der Waals surface area contributed by atoms with E-state index in [0.717, 1.165) is 18.9 Å². The quantitative estimate of drug-likeness (QED) is 0.714. The van der Waals surface area contributed by atoms with E-state index in [1.807, 2.05) is 12.1 Å². The van der Waals surface area contributed by atoms with Crippen molar-refractivity contribution in [1.82, 2.24) is 5.32 Å². The zero-order chi connectivity index (χ0) is 11.8. The molecule has 0 aliphatic heterocycles. The van der Waals surface area contributed by atoms with E-state index < -0.39 is 0 Å². The van der Waals surface area contributed by atoms with E-state index in [1.165, 1.54) is 18.4 Å². The third-order valence-electron chi connectivity index (χ3n) is 2.81. The van der Waals surface area contributed by atoms with Crippen LogP contribution in [-0.4, -0.2) is 19.2 Å². The monoisotopic (exact) mass is 221 g/mol. The fraction of sp³-hybridized carbons (Fsp3) is 0.571. The highest BCUT2D eigenvalue weighted by Gasteiger charge is 2.00. The van der Waals surface area contributed by atoms with Crippen molar-refractivity contribution in [2.24, 2.45) is 0 Å². The smallest absolute Gasteiger partial charge is 0.119 e. The fourth-order valence-electron chi connectivity index (χ4n) is 1.64. The summed E-state index contributed by atoms with van der Waals surface area (Å²) in [6, 6.07) is 8.81. The first-order chi connectivity index (χ1) is 7.76. The van der Waals surface area contributed by atoms with Crippen LogP contribution in [0.5, 0.6) is 5.75 Å². The van der Waals surface area contributed by atoms with Gasteiger partial charge in [-0.1, -0.05) is 31.5 Å². The minimum Gasteiger partial charge on any atom is -0.492 e. The largest absolute Gasteiger partial charge is 0.492 e. The Labute approximate surface area is 99.0 Å². The first-order valence-electron chi connectivity index (χ1n) is 6.19. The van der Waals surface area contributed by atoms with Crippen LogP contribution >= 0.6 is 0 Å². The summed E-state index contributed by atoms with van der Waals surface area (Å²) < 4.78 is 5.64. The maximum absolute atomic E-state index is 5.64. The molecule has 0 spiro atoms. The van der Waals surface area contributed by atoms with Crippen molar-refractivity contribution in [1.29, 1.82) is 0 Å². The number of rotatable bonds is 7. The van der Waals surface area contributed by atoms with Crippen molar-refractivity contribution in [3.8, 4) is 5.75 Å². The molecule has 0 aromatic heterocycles. The standard InChI is InChI=1S/C14H23NO/c1-4-13(5-2)15-10-11-16-14-8-6-12(3)7-9-14/h6-9,13,15H,4-5,10-11H2,1-3H3. The molecule has 90 valence electrons. The topological polar surface area (TPSA) is 21.3 Å². The van der Waals surface area contributed by atoms with Crippen molar-refractivity contribution in [2.75, 3.05) is 13.2 Å². The molecule has 1 N–H and O–H groups in total. The van der Waals surface area contributed by atoms with Crippen molar-refractivity contribution in [3.63, 3.8) is 0 Å². The van der Waals surface area contributed by atoms with Crippen LogP contribution in [-0.2, 0) is 0 Å². The van der Waals surface area contributed by atoms with Crippen LogP contribution in [0.1, 0.15) is 32.3 Å². The van der Waals surface area contributed by atoms with Gasteiger partial charge in [0.25, 0.3) is 0 Å². The van der Waals surface area contributed by atoms with Gasteiger partial charge < -0.3 is 10.1 Å². The van der Waals surface area contributed by atoms with Gasteiger partial charge >= 0.3 is 0 Å². The molecule has 0 radical (unpaired) electrons. The number of aryl methyl sites for hydroxylation is 1. The fourth-order valence-corrected chi connectivity index (χ4v) is 1.64. The van der Waals surface area contributed by atoms with Crippen LogP contribution < -0.4 is 10.1 Å². The Kier molecular flexibility index (Phi) is 5.94. The molecular weight excluding hydrogens is 198 g/mol. The van der Waals surface area contributed by atoms with Gasteiger partial charge in [0.2, 0.25) is 0 Å². The molecule has 16 heavy (non-hydrogen) atoms. The maximum atomic E-state index is 5.64. The van der Waals surface area contributed by atoms with E-state index in [0.29, 0.717) is 6.04 Å². The highest BCUT2D eigenvalue weighted by Crippen LogP contribution is 2.10. The molecule has 0 heterocycles. The first kappa shape index (κ1) is 13.0. The van der Waals surface area contributed by atoms with Gasteiger partial charge in [-0.05, 0) is 31.9 Å². The van der Waals surface area contributed by atoms with Crippen molar-refractivity contribution < 1.29 is 4.74 Å². The Morgan fingerprint density at radius 3 is 2.31 bits per heavy atom. The van der Waals surface area contributed by atoms with Crippen LogP contribution in [0, 0.1) is 6.92 Å². The van der Waals surface area contributed by atoms with E-state index in [-0.39, 0.29) is 0 Å². The van der Waals surface area contributed by atoms with E-state index in [1.54, 1.807) is 0 Å². The third kappa shape index (κ3) is 4.67. The van der Waals surface area contributed by atoms with Gasteiger partial charge in [0.1, 0.15) is 12.4 Å². The molecule has 1 aromatic carbocycles. The van der Waals surface area contributed by atoms with Crippen LogP contribution in [0.3, 0.4) is 0 Å². The molecule has 0 bridgehead atoms. The summed E-state index contributed by atoms with van der Waals surface area (Å²) in [6.45, 7) is 8.15. The SMILES string of the molecule is CCC(CC)NCCOc1ccc(C)cc1. The minimum atomic E-state index is 0.626. The highest BCUT2D eigenvalue weighted by atomic mass is 16.5. The molecule has 0 unspecified atom stereocenters. The molecule has 1 rings (SSSR count). The van der Waals surface area contributed by atoms with Gasteiger partial charge in [-0.2, -0.15) is 0 Å². The third-order valence-corrected chi connectivity index (χ3v) is 2.81. The number of hydrogen-bond acceptors (Lipinski definition) is 2. The summed E-state index contributed by atoms with van der Waals surface area (Å²) in [5.41, 5.74) is 1.27. The average molecular weight is 221 g/mol. The second-order valence-corrected chi connectivity index (χ2v) is 4.13. The summed E-state index contributed by atoms with van der Waals surface area (Å²) in [5.74, 6) is 0.956. The van der Waals surface area contributed by atoms with Crippen LogP contribution in [0.15, 0.2) is 24.3 Å². The molecule has 0 saturated heterocycles. The lowest BCUT2D eigenvalue weighted by Gasteiger charge is -2.14. The van der Waals surface area contributed by atoms with Crippen LogP contribution in [0.25, 0.3) is 0 Å². The van der Waals surface area contributed by atoms with Crippen molar-refractivity contribution >= 4 is 0 Å². The first-order valence-corrected chi connectivity index (χ1v) is 6.19. The Morgan fingerprint density at radius 2 is 1.75 bits per heavy atom. The summed E-state index contributed by atoms with van der Waals surface area (Å²) >= 11 is 0. The Bertz CT molecular complexity index is 277. The molecule has 1 aromatic rings. The van der Waals surface area contributed by atoms with E-state index in [2.05, 4.69) is 38.2 Å². The zero-order valence-corrected chi connectivity index (χ0v) is 10.6. The average Bonchev–Trinajstić information content (AvgIpc) is 2.32. The van der Waals surface area contributed by atoms with Crippen molar-refractivity contribution in [3.05, 3.63) is 29.8 Å². The number of hydrogen-bond donors (Lipinski definition) is 1. The minimum absolute atomic E-state index is 0.626. The maximum Gasteiger partial charge on any atom is 0.119 e. The molecule has 0 saturated carbocycles. The Hall–Kier alpha value is -1.02. The second-order valence-electron chi connectivity index (χ2n) is 4.13. The summed E-state index contributed by atoms with van der Waals surface area (Å²) in [7, 11) is 0. The molecule has 2 heteroatoms. The van der Waals surface area contributed by atoms with Gasteiger partial charge in [-0.15, -0.1) is 0 Å². The molecule has 0 aliphatic rings. The van der Waals surface area contributed by atoms with Gasteiger partial charge in [-0.3, -0.25) is 0 Å².